The molecule has 19 heavy (non-hydrogen) atoms. The molecule has 1 aromatic carbocycles. The predicted molar refractivity (Wildman–Crippen MR) is 79.3 cm³/mol. The van der Waals surface area contributed by atoms with Crippen LogP contribution in [-0.4, -0.2) is 11.9 Å². The van der Waals surface area contributed by atoms with Gasteiger partial charge >= 0.3 is 0 Å². The molecule has 104 valence electrons. The minimum absolute atomic E-state index is 0.0862. The molecular weight excluding hydrogens is 234 g/mol. The van der Waals surface area contributed by atoms with Gasteiger partial charge in [-0.1, -0.05) is 38.0 Å². The molecule has 0 heterocycles. The SMILES string of the molecule is Cc1ccc(C(=O)NC2C(C)CCCC2C)c(C)c1. The third kappa shape index (κ3) is 3.17. The summed E-state index contributed by atoms with van der Waals surface area (Å²) in [5.41, 5.74) is 3.08. The Morgan fingerprint density at radius 2 is 1.79 bits per heavy atom. The third-order valence-corrected chi connectivity index (χ3v) is 4.47. The first-order valence-corrected chi connectivity index (χ1v) is 7.37. The van der Waals surface area contributed by atoms with E-state index in [0.29, 0.717) is 17.9 Å². The van der Waals surface area contributed by atoms with Crippen molar-refractivity contribution in [2.24, 2.45) is 11.8 Å². The number of carbonyl (C=O) groups is 1. The normalized spacial score (nSPS) is 27.1. The van der Waals surface area contributed by atoms with E-state index in [1.807, 2.05) is 19.1 Å². The number of aryl methyl sites for hydroxylation is 2. The number of nitrogens with one attached hydrogen (secondary N) is 1. The average molecular weight is 259 g/mol. The van der Waals surface area contributed by atoms with E-state index in [0.717, 1.165) is 11.1 Å². The smallest absolute Gasteiger partial charge is 0.251 e. The van der Waals surface area contributed by atoms with Crippen molar-refractivity contribution < 1.29 is 4.79 Å². The van der Waals surface area contributed by atoms with Gasteiger partial charge in [-0.2, -0.15) is 0 Å². The van der Waals surface area contributed by atoms with E-state index in [2.05, 4.69) is 32.2 Å². The van der Waals surface area contributed by atoms with Crippen molar-refractivity contribution in [3.8, 4) is 0 Å². The number of hydrogen-bond acceptors (Lipinski definition) is 1. The second-order valence-corrected chi connectivity index (χ2v) is 6.20. The lowest BCUT2D eigenvalue weighted by atomic mass is 9.78. The quantitative estimate of drug-likeness (QED) is 0.858. The zero-order valence-corrected chi connectivity index (χ0v) is 12.5. The summed E-state index contributed by atoms with van der Waals surface area (Å²) in [5.74, 6) is 1.25. The van der Waals surface area contributed by atoms with Gasteiger partial charge in [-0.25, -0.2) is 0 Å². The topological polar surface area (TPSA) is 29.1 Å². The van der Waals surface area contributed by atoms with Gasteiger partial charge in [0.05, 0.1) is 0 Å². The maximum Gasteiger partial charge on any atom is 0.251 e. The van der Waals surface area contributed by atoms with E-state index in [1.54, 1.807) is 0 Å². The number of carbonyl (C=O) groups excluding carboxylic acids is 1. The molecule has 0 aromatic heterocycles. The Balaban J connectivity index is 2.11. The zero-order valence-electron chi connectivity index (χ0n) is 12.5. The van der Waals surface area contributed by atoms with Gasteiger partial charge in [0.15, 0.2) is 0 Å². The van der Waals surface area contributed by atoms with Gasteiger partial charge in [0.2, 0.25) is 0 Å². The molecule has 2 nitrogen and oxygen atoms in total. The van der Waals surface area contributed by atoms with Crippen LogP contribution >= 0.6 is 0 Å². The van der Waals surface area contributed by atoms with Crippen LogP contribution in [-0.2, 0) is 0 Å². The Bertz CT molecular complexity index is 456. The first kappa shape index (κ1) is 14.1. The fourth-order valence-electron chi connectivity index (χ4n) is 3.26. The zero-order chi connectivity index (χ0) is 14.0. The van der Waals surface area contributed by atoms with E-state index in [1.165, 1.54) is 24.8 Å². The Labute approximate surface area is 116 Å². The van der Waals surface area contributed by atoms with E-state index < -0.39 is 0 Å². The molecule has 1 fully saturated rings. The molecule has 1 aliphatic rings. The van der Waals surface area contributed by atoms with Gasteiger partial charge in [-0.15, -0.1) is 0 Å². The van der Waals surface area contributed by atoms with Crippen molar-refractivity contribution in [3.05, 3.63) is 34.9 Å². The van der Waals surface area contributed by atoms with E-state index in [-0.39, 0.29) is 5.91 Å². The van der Waals surface area contributed by atoms with Gasteiger partial charge in [0.1, 0.15) is 0 Å². The molecule has 2 atom stereocenters. The van der Waals surface area contributed by atoms with Crippen LogP contribution in [0.1, 0.15) is 54.6 Å². The van der Waals surface area contributed by atoms with Crippen LogP contribution in [0, 0.1) is 25.7 Å². The summed E-state index contributed by atoms with van der Waals surface area (Å²) in [7, 11) is 0. The second-order valence-electron chi connectivity index (χ2n) is 6.20. The van der Waals surface area contributed by atoms with Crippen LogP contribution in [0.25, 0.3) is 0 Å². The second kappa shape index (κ2) is 5.77. The van der Waals surface area contributed by atoms with E-state index in [4.69, 9.17) is 0 Å². The Kier molecular flexibility index (Phi) is 4.28. The highest BCUT2D eigenvalue weighted by Gasteiger charge is 2.29. The predicted octanol–water partition coefficient (Wildman–Crippen LogP) is 3.86. The first-order valence-electron chi connectivity index (χ1n) is 7.37. The van der Waals surface area contributed by atoms with Crippen LogP contribution in [0.5, 0.6) is 0 Å². The Hall–Kier alpha value is -1.31. The Morgan fingerprint density at radius 3 is 2.37 bits per heavy atom. The summed E-state index contributed by atoms with van der Waals surface area (Å²) in [6.07, 6.45) is 3.74. The minimum atomic E-state index is 0.0862. The minimum Gasteiger partial charge on any atom is -0.349 e. The fourth-order valence-corrected chi connectivity index (χ4v) is 3.26. The molecule has 0 spiro atoms. The molecule has 1 N–H and O–H groups in total. The molecule has 1 saturated carbocycles. The van der Waals surface area contributed by atoms with Crippen molar-refractivity contribution in [2.45, 2.75) is 53.0 Å². The third-order valence-electron chi connectivity index (χ3n) is 4.47. The Morgan fingerprint density at radius 1 is 1.16 bits per heavy atom. The van der Waals surface area contributed by atoms with Crippen molar-refractivity contribution >= 4 is 5.91 Å². The molecular formula is C17H25NO. The van der Waals surface area contributed by atoms with Crippen molar-refractivity contribution in [1.82, 2.24) is 5.32 Å². The van der Waals surface area contributed by atoms with Crippen LogP contribution in [0.15, 0.2) is 18.2 Å². The monoisotopic (exact) mass is 259 g/mol. The lowest BCUT2D eigenvalue weighted by molar-refractivity contribution is 0.0880. The lowest BCUT2D eigenvalue weighted by Gasteiger charge is -2.35. The van der Waals surface area contributed by atoms with Crippen LogP contribution in [0.4, 0.5) is 0 Å². The van der Waals surface area contributed by atoms with E-state index >= 15 is 0 Å². The van der Waals surface area contributed by atoms with Crippen molar-refractivity contribution in [2.75, 3.05) is 0 Å². The van der Waals surface area contributed by atoms with Crippen molar-refractivity contribution in [1.29, 1.82) is 0 Å². The summed E-state index contributed by atoms with van der Waals surface area (Å²) in [6, 6.07) is 6.35. The summed E-state index contributed by atoms with van der Waals surface area (Å²) in [5, 5.41) is 3.26. The summed E-state index contributed by atoms with van der Waals surface area (Å²) in [6.45, 7) is 8.57. The van der Waals surface area contributed by atoms with Crippen LogP contribution < -0.4 is 5.32 Å². The number of amides is 1. The fraction of sp³-hybridized carbons (Fsp3) is 0.588. The van der Waals surface area contributed by atoms with Crippen molar-refractivity contribution in [3.63, 3.8) is 0 Å². The highest BCUT2D eigenvalue weighted by Crippen LogP contribution is 2.29. The summed E-state index contributed by atoms with van der Waals surface area (Å²) in [4.78, 5) is 12.4. The molecule has 0 saturated heterocycles. The molecule has 0 radical (unpaired) electrons. The highest BCUT2D eigenvalue weighted by molar-refractivity contribution is 5.95. The standard InChI is InChI=1S/C17H25NO/c1-11-8-9-15(14(4)10-11)17(19)18-16-12(2)6-5-7-13(16)3/h8-10,12-13,16H,5-7H2,1-4H3,(H,18,19). The molecule has 0 bridgehead atoms. The highest BCUT2D eigenvalue weighted by atomic mass is 16.1. The van der Waals surface area contributed by atoms with Gasteiger partial charge < -0.3 is 5.32 Å². The molecule has 2 unspecified atom stereocenters. The largest absolute Gasteiger partial charge is 0.349 e. The average Bonchev–Trinajstić information content (AvgIpc) is 2.33. The van der Waals surface area contributed by atoms with E-state index in [9.17, 15) is 4.79 Å². The maximum atomic E-state index is 12.4. The molecule has 1 amide bonds. The molecule has 1 aliphatic carbocycles. The number of benzene rings is 1. The van der Waals surface area contributed by atoms with Crippen LogP contribution in [0.3, 0.4) is 0 Å². The molecule has 2 rings (SSSR count). The van der Waals surface area contributed by atoms with Crippen LogP contribution in [0.2, 0.25) is 0 Å². The van der Waals surface area contributed by atoms with Gasteiger partial charge in [0.25, 0.3) is 5.91 Å². The molecule has 1 aromatic rings. The first-order chi connectivity index (χ1) is 8.99. The van der Waals surface area contributed by atoms with Gasteiger partial charge in [-0.05, 0) is 50.2 Å². The van der Waals surface area contributed by atoms with Gasteiger partial charge in [-0.3, -0.25) is 4.79 Å². The molecule has 2 heteroatoms. The lowest BCUT2D eigenvalue weighted by Crippen LogP contribution is -2.45. The van der Waals surface area contributed by atoms with Gasteiger partial charge in [0, 0.05) is 11.6 Å². The number of hydrogen-bond donors (Lipinski definition) is 1. The molecule has 0 aliphatic heterocycles. The summed E-state index contributed by atoms with van der Waals surface area (Å²) < 4.78 is 0. The maximum absolute atomic E-state index is 12.4. The summed E-state index contributed by atoms with van der Waals surface area (Å²) >= 11 is 0. The number of rotatable bonds is 2.